The number of ether oxygens (including phenoxy) is 3. The molecule has 0 fully saturated rings. The molecule has 0 rings (SSSR count). The maximum atomic E-state index is 12.9. The largest absolute Gasteiger partial charge is 0.462 e. The summed E-state index contributed by atoms with van der Waals surface area (Å²) in [6.45, 7) is 6.72. The SMILES string of the molecule is CCCCCCC/C=C\CCCCCCCC(=O)OCC(COC(=O)CCCCCCCCCCCCCCCCCCCCCCCCCCCCCCC)OC(=O)CCCCCCCCCCCCCCCCCCCC. The van der Waals surface area contributed by atoms with Crippen molar-refractivity contribution < 1.29 is 28.6 Å². The number of carbonyl (C=O) groups is 3. The van der Waals surface area contributed by atoms with Crippen LogP contribution in [0.5, 0.6) is 0 Å². The first kappa shape index (κ1) is 77.2. The lowest BCUT2D eigenvalue weighted by molar-refractivity contribution is -0.167. The van der Waals surface area contributed by atoms with E-state index in [0.717, 1.165) is 64.2 Å². The van der Waals surface area contributed by atoms with Crippen molar-refractivity contribution >= 4 is 17.9 Å². The van der Waals surface area contributed by atoms with Crippen LogP contribution < -0.4 is 0 Å². The van der Waals surface area contributed by atoms with Gasteiger partial charge in [0.2, 0.25) is 0 Å². The van der Waals surface area contributed by atoms with Crippen molar-refractivity contribution in [3.63, 3.8) is 0 Å². The van der Waals surface area contributed by atoms with E-state index in [4.69, 9.17) is 14.2 Å². The minimum absolute atomic E-state index is 0.0656. The number of esters is 3. The van der Waals surface area contributed by atoms with Crippen molar-refractivity contribution in [3.8, 4) is 0 Å². The quantitative estimate of drug-likeness (QED) is 0.0261. The van der Waals surface area contributed by atoms with Crippen LogP contribution in [0.15, 0.2) is 12.2 Å². The monoisotopic (exact) mass is 1110 g/mol. The molecule has 6 heteroatoms. The van der Waals surface area contributed by atoms with Gasteiger partial charge in [0.15, 0.2) is 6.10 Å². The molecule has 1 atom stereocenters. The van der Waals surface area contributed by atoms with Gasteiger partial charge in [-0.15, -0.1) is 0 Å². The van der Waals surface area contributed by atoms with Gasteiger partial charge >= 0.3 is 17.9 Å². The zero-order chi connectivity index (χ0) is 57.1. The second kappa shape index (κ2) is 68.6. The minimum atomic E-state index is -0.770. The molecule has 6 nitrogen and oxygen atoms in total. The van der Waals surface area contributed by atoms with Crippen molar-refractivity contribution in [1.82, 2.24) is 0 Å². The number of hydrogen-bond acceptors (Lipinski definition) is 6. The third kappa shape index (κ3) is 66.8. The Bertz CT molecular complexity index is 1230. The topological polar surface area (TPSA) is 78.9 Å². The maximum absolute atomic E-state index is 12.9. The molecule has 0 aliphatic rings. The molecule has 79 heavy (non-hydrogen) atoms. The van der Waals surface area contributed by atoms with Gasteiger partial charge in [0.1, 0.15) is 13.2 Å². The Morgan fingerprint density at radius 1 is 0.241 bits per heavy atom. The standard InChI is InChI=1S/C73H140O6/c1-4-7-10-13-16-19-22-25-28-30-32-33-34-35-36-37-38-39-40-41-42-44-45-48-51-54-57-60-63-66-72(75)78-69-70(68-77-71(74)65-62-59-56-53-50-47-27-24-21-18-15-12-9-6-3)79-73(76)67-64-61-58-55-52-49-46-43-31-29-26-23-20-17-14-11-8-5-2/h24,27,70H,4-23,25-26,28-69H2,1-3H3/b27-24-. The van der Waals surface area contributed by atoms with Crippen LogP contribution in [-0.2, 0) is 28.6 Å². The van der Waals surface area contributed by atoms with Crippen LogP contribution in [0, 0.1) is 0 Å². The molecule has 0 radical (unpaired) electrons. The average molecular weight is 1110 g/mol. The van der Waals surface area contributed by atoms with Gasteiger partial charge in [-0.3, -0.25) is 14.4 Å². The summed E-state index contributed by atoms with van der Waals surface area (Å²) in [5.74, 6) is -0.839. The van der Waals surface area contributed by atoms with E-state index in [1.165, 1.54) is 315 Å². The van der Waals surface area contributed by atoms with E-state index in [1.807, 2.05) is 0 Å². The summed E-state index contributed by atoms with van der Waals surface area (Å²) >= 11 is 0. The molecule has 0 aliphatic heterocycles. The van der Waals surface area contributed by atoms with Crippen LogP contribution in [0.4, 0.5) is 0 Å². The van der Waals surface area contributed by atoms with E-state index in [0.29, 0.717) is 19.3 Å². The van der Waals surface area contributed by atoms with Gasteiger partial charge in [-0.2, -0.15) is 0 Å². The predicted molar refractivity (Wildman–Crippen MR) is 344 cm³/mol. The fourth-order valence-corrected chi connectivity index (χ4v) is 11.3. The Kier molecular flexibility index (Phi) is 67.0. The highest BCUT2D eigenvalue weighted by Gasteiger charge is 2.19. The van der Waals surface area contributed by atoms with Gasteiger partial charge in [-0.05, 0) is 44.9 Å². The molecule has 0 heterocycles. The van der Waals surface area contributed by atoms with E-state index in [1.54, 1.807) is 0 Å². The maximum Gasteiger partial charge on any atom is 0.306 e. The molecule has 0 aromatic rings. The fraction of sp³-hybridized carbons (Fsp3) is 0.932. The molecule has 0 saturated carbocycles. The van der Waals surface area contributed by atoms with Crippen LogP contribution in [-0.4, -0.2) is 37.2 Å². The first-order chi connectivity index (χ1) is 39.0. The molecule has 0 amide bonds. The van der Waals surface area contributed by atoms with Crippen LogP contribution >= 0.6 is 0 Å². The second-order valence-electron chi connectivity index (χ2n) is 24.9. The number of unbranched alkanes of at least 4 members (excludes halogenated alkanes) is 55. The summed E-state index contributed by atoms with van der Waals surface area (Å²) in [7, 11) is 0. The average Bonchev–Trinajstić information content (AvgIpc) is 3.45. The second-order valence-corrected chi connectivity index (χ2v) is 24.9. The van der Waals surface area contributed by atoms with Crippen molar-refractivity contribution in [2.45, 2.75) is 425 Å². The lowest BCUT2D eigenvalue weighted by Gasteiger charge is -2.18. The van der Waals surface area contributed by atoms with Crippen molar-refractivity contribution in [2.24, 2.45) is 0 Å². The Morgan fingerprint density at radius 2 is 0.418 bits per heavy atom. The molecule has 0 N–H and O–H groups in total. The first-order valence-electron chi connectivity index (χ1n) is 36.2. The minimum Gasteiger partial charge on any atom is -0.462 e. The van der Waals surface area contributed by atoms with Crippen LogP contribution in [0.3, 0.4) is 0 Å². The van der Waals surface area contributed by atoms with Gasteiger partial charge in [0.25, 0.3) is 0 Å². The highest BCUT2D eigenvalue weighted by molar-refractivity contribution is 5.71. The van der Waals surface area contributed by atoms with E-state index in [9.17, 15) is 14.4 Å². The molecular formula is C73H140O6. The molecule has 0 spiro atoms. The third-order valence-corrected chi connectivity index (χ3v) is 16.8. The van der Waals surface area contributed by atoms with E-state index < -0.39 is 6.10 Å². The Hall–Kier alpha value is -1.85. The molecule has 0 saturated heterocycles. The zero-order valence-corrected chi connectivity index (χ0v) is 53.9. The molecule has 0 aliphatic carbocycles. The van der Waals surface area contributed by atoms with E-state index >= 15 is 0 Å². The smallest absolute Gasteiger partial charge is 0.306 e. The van der Waals surface area contributed by atoms with E-state index in [2.05, 4.69) is 32.9 Å². The molecular weight excluding hydrogens is 973 g/mol. The Morgan fingerprint density at radius 3 is 0.633 bits per heavy atom. The molecule has 0 bridgehead atoms. The first-order valence-corrected chi connectivity index (χ1v) is 36.2. The number of carbonyl (C=O) groups excluding carboxylic acids is 3. The summed E-state index contributed by atoms with van der Waals surface area (Å²) in [6, 6.07) is 0. The lowest BCUT2D eigenvalue weighted by Crippen LogP contribution is -2.30. The van der Waals surface area contributed by atoms with Crippen molar-refractivity contribution in [3.05, 3.63) is 12.2 Å². The van der Waals surface area contributed by atoms with Crippen LogP contribution in [0.2, 0.25) is 0 Å². The van der Waals surface area contributed by atoms with Crippen molar-refractivity contribution in [2.75, 3.05) is 13.2 Å². The Balaban J connectivity index is 4.16. The van der Waals surface area contributed by atoms with E-state index in [-0.39, 0.29) is 31.1 Å². The highest BCUT2D eigenvalue weighted by atomic mass is 16.6. The molecule has 468 valence electrons. The lowest BCUT2D eigenvalue weighted by atomic mass is 10.0. The molecule has 1 unspecified atom stereocenters. The number of allylic oxidation sites excluding steroid dienone is 2. The van der Waals surface area contributed by atoms with Crippen LogP contribution in [0.25, 0.3) is 0 Å². The van der Waals surface area contributed by atoms with Gasteiger partial charge in [-0.25, -0.2) is 0 Å². The van der Waals surface area contributed by atoms with Gasteiger partial charge in [0.05, 0.1) is 0 Å². The third-order valence-electron chi connectivity index (χ3n) is 16.8. The van der Waals surface area contributed by atoms with Gasteiger partial charge in [0, 0.05) is 19.3 Å². The predicted octanol–water partition coefficient (Wildman–Crippen LogP) is 24.8. The summed E-state index contributed by atoms with van der Waals surface area (Å²) < 4.78 is 17.0. The number of rotatable bonds is 68. The fourth-order valence-electron chi connectivity index (χ4n) is 11.3. The normalized spacial score (nSPS) is 12.0. The van der Waals surface area contributed by atoms with Gasteiger partial charge < -0.3 is 14.2 Å². The summed E-state index contributed by atoms with van der Waals surface area (Å²) in [4.78, 5) is 38.4. The van der Waals surface area contributed by atoms with Crippen molar-refractivity contribution in [1.29, 1.82) is 0 Å². The highest BCUT2D eigenvalue weighted by Crippen LogP contribution is 2.19. The molecule has 0 aromatic carbocycles. The van der Waals surface area contributed by atoms with Gasteiger partial charge in [-0.1, -0.05) is 367 Å². The van der Waals surface area contributed by atoms with Crippen LogP contribution in [0.1, 0.15) is 419 Å². The summed E-state index contributed by atoms with van der Waals surface area (Å²) in [5.41, 5.74) is 0. The summed E-state index contributed by atoms with van der Waals surface area (Å²) in [6.07, 6.45) is 82.6. The number of hydrogen-bond donors (Lipinski definition) is 0. The summed E-state index contributed by atoms with van der Waals surface area (Å²) in [5, 5.41) is 0. The molecule has 0 aromatic heterocycles. The zero-order valence-electron chi connectivity index (χ0n) is 53.9. The Labute approximate surface area is 494 Å².